The number of carbonyl (C=O) groups excluding carboxylic acids is 1. The highest BCUT2D eigenvalue weighted by Crippen LogP contribution is 2.19. The number of H-pyrrole nitrogens is 1. The number of unbranched alkanes of at least 4 members (excludes halogenated alkanes) is 1. The van der Waals surface area contributed by atoms with Crippen molar-refractivity contribution in [1.29, 1.82) is 0 Å². The first-order valence-electron chi connectivity index (χ1n) is 11.3. The lowest BCUT2D eigenvalue weighted by Crippen LogP contribution is -2.26. The Morgan fingerprint density at radius 2 is 1.91 bits per heavy atom. The van der Waals surface area contributed by atoms with Crippen LogP contribution in [-0.4, -0.2) is 34.1 Å². The molecule has 1 heterocycles. The molecule has 2 aromatic carbocycles. The molecule has 0 spiro atoms. The van der Waals surface area contributed by atoms with Gasteiger partial charge in [-0.15, -0.1) is 0 Å². The number of nitrogens with zero attached hydrogens (tertiary/aromatic N) is 1. The third-order valence-electron chi connectivity index (χ3n) is 5.54. The molecular formula is C27H33N3O2. The van der Waals surface area contributed by atoms with Crippen LogP contribution < -0.4 is 5.48 Å². The summed E-state index contributed by atoms with van der Waals surface area (Å²) in [5.41, 5.74) is 6.32. The number of benzene rings is 2. The van der Waals surface area contributed by atoms with Crippen molar-refractivity contribution in [3.8, 4) is 0 Å². The van der Waals surface area contributed by atoms with Gasteiger partial charge in [0.25, 0.3) is 5.91 Å². The van der Waals surface area contributed by atoms with Crippen molar-refractivity contribution >= 4 is 22.9 Å². The zero-order chi connectivity index (χ0) is 22.6. The van der Waals surface area contributed by atoms with Gasteiger partial charge in [0.05, 0.1) is 0 Å². The van der Waals surface area contributed by atoms with Crippen molar-refractivity contribution in [3.63, 3.8) is 0 Å². The molecule has 0 radical (unpaired) electrons. The highest BCUT2D eigenvalue weighted by molar-refractivity contribution is 5.90. The maximum atomic E-state index is 11.2. The third-order valence-corrected chi connectivity index (χ3v) is 5.54. The van der Waals surface area contributed by atoms with Crippen LogP contribution in [0.25, 0.3) is 17.0 Å². The Labute approximate surface area is 190 Å². The zero-order valence-corrected chi connectivity index (χ0v) is 18.8. The highest BCUT2D eigenvalue weighted by Gasteiger charge is 2.09. The van der Waals surface area contributed by atoms with E-state index < -0.39 is 5.91 Å². The lowest BCUT2D eigenvalue weighted by atomic mass is 10.1. The number of rotatable bonds is 12. The van der Waals surface area contributed by atoms with Gasteiger partial charge in [-0.25, -0.2) is 5.48 Å². The quantitative estimate of drug-likeness (QED) is 0.117. The molecule has 0 aliphatic carbocycles. The molecular weight excluding hydrogens is 398 g/mol. The van der Waals surface area contributed by atoms with Gasteiger partial charge in [0.15, 0.2) is 0 Å². The van der Waals surface area contributed by atoms with Crippen LogP contribution in [0.15, 0.2) is 73.0 Å². The molecule has 5 heteroatoms. The Kier molecular flexibility index (Phi) is 9.29. The zero-order valence-electron chi connectivity index (χ0n) is 18.8. The largest absolute Gasteiger partial charge is 0.361 e. The number of nitrogens with one attached hydrogen (secondary N) is 2. The van der Waals surface area contributed by atoms with Crippen molar-refractivity contribution in [2.45, 2.75) is 39.2 Å². The molecule has 3 N–H and O–H groups in total. The van der Waals surface area contributed by atoms with Crippen LogP contribution in [0.3, 0.4) is 0 Å². The van der Waals surface area contributed by atoms with Gasteiger partial charge in [0.2, 0.25) is 0 Å². The van der Waals surface area contributed by atoms with E-state index in [9.17, 15) is 4.79 Å². The summed E-state index contributed by atoms with van der Waals surface area (Å²) in [6.45, 7) is 5.10. The Balaban J connectivity index is 1.63. The average Bonchev–Trinajstić information content (AvgIpc) is 3.24. The first kappa shape index (κ1) is 23.5. The molecule has 3 aromatic rings. The number of hydroxylamine groups is 1. The second-order valence-electron chi connectivity index (χ2n) is 7.96. The van der Waals surface area contributed by atoms with Crippen molar-refractivity contribution in [2.24, 2.45) is 0 Å². The second kappa shape index (κ2) is 12.6. The van der Waals surface area contributed by atoms with Crippen LogP contribution in [0, 0.1) is 0 Å². The van der Waals surface area contributed by atoms with Crippen molar-refractivity contribution in [3.05, 3.63) is 89.6 Å². The van der Waals surface area contributed by atoms with Gasteiger partial charge in [0.1, 0.15) is 0 Å². The molecule has 0 fully saturated rings. The van der Waals surface area contributed by atoms with Crippen molar-refractivity contribution in [1.82, 2.24) is 15.4 Å². The van der Waals surface area contributed by atoms with Gasteiger partial charge < -0.3 is 4.98 Å². The first-order valence-corrected chi connectivity index (χ1v) is 11.3. The molecule has 0 atom stereocenters. The molecule has 0 saturated heterocycles. The second-order valence-corrected chi connectivity index (χ2v) is 7.96. The van der Waals surface area contributed by atoms with E-state index in [-0.39, 0.29) is 0 Å². The summed E-state index contributed by atoms with van der Waals surface area (Å²) in [6, 6.07) is 16.7. The molecule has 32 heavy (non-hydrogen) atoms. The van der Waals surface area contributed by atoms with E-state index in [1.807, 2.05) is 12.1 Å². The first-order chi connectivity index (χ1) is 15.7. The van der Waals surface area contributed by atoms with E-state index in [1.165, 1.54) is 28.1 Å². The minimum atomic E-state index is -0.533. The fraction of sp³-hybridized carbons (Fsp3) is 0.296. The monoisotopic (exact) mass is 431 g/mol. The van der Waals surface area contributed by atoms with Gasteiger partial charge in [-0.1, -0.05) is 61.5 Å². The van der Waals surface area contributed by atoms with Crippen molar-refractivity contribution < 1.29 is 10.0 Å². The number of amides is 1. The number of hydrogen-bond acceptors (Lipinski definition) is 3. The molecule has 1 aromatic heterocycles. The molecule has 0 bridgehead atoms. The summed E-state index contributed by atoms with van der Waals surface area (Å²) >= 11 is 0. The highest BCUT2D eigenvalue weighted by atomic mass is 16.5. The Morgan fingerprint density at radius 3 is 2.69 bits per heavy atom. The molecule has 5 nitrogen and oxygen atoms in total. The van der Waals surface area contributed by atoms with E-state index in [1.54, 1.807) is 11.6 Å². The number of fused-ring (bicyclic) bond motifs is 1. The summed E-state index contributed by atoms with van der Waals surface area (Å²) in [7, 11) is 0. The number of aromatic nitrogens is 1. The fourth-order valence-electron chi connectivity index (χ4n) is 3.81. The predicted molar refractivity (Wildman–Crippen MR) is 131 cm³/mol. The van der Waals surface area contributed by atoms with Gasteiger partial charge in [-0.05, 0) is 61.1 Å². The number of carbonyl (C=O) groups is 1. The van der Waals surface area contributed by atoms with Crippen LogP contribution in [0.5, 0.6) is 0 Å². The van der Waals surface area contributed by atoms with Crippen LogP contribution in [0.2, 0.25) is 0 Å². The molecule has 3 rings (SSSR count). The summed E-state index contributed by atoms with van der Waals surface area (Å²) in [5.74, 6) is -0.533. The van der Waals surface area contributed by atoms with Crippen LogP contribution in [0.1, 0.15) is 42.9 Å². The topological polar surface area (TPSA) is 68.4 Å². The molecule has 0 aliphatic heterocycles. The number of hydrogen-bond donors (Lipinski definition) is 3. The van der Waals surface area contributed by atoms with E-state index in [4.69, 9.17) is 5.21 Å². The summed E-state index contributed by atoms with van der Waals surface area (Å²) < 4.78 is 0. The van der Waals surface area contributed by atoms with Gasteiger partial charge >= 0.3 is 0 Å². The van der Waals surface area contributed by atoms with E-state index >= 15 is 0 Å². The SMILES string of the molecule is CC/C=C\CCCN(CCc1c[nH]c2ccccc12)Cc1ccc(/C=C/C(=O)NO)cc1. The van der Waals surface area contributed by atoms with Gasteiger partial charge in [0, 0.05) is 36.3 Å². The standard InChI is InChI=1S/C27H33N3O2/c1-2-3-4-5-8-18-30(19-17-24-20-28-26-10-7-6-9-25(24)26)21-23-13-11-22(12-14-23)15-16-27(31)29-32/h3-4,6-7,9-16,20,28,32H,2,5,8,17-19,21H2,1H3,(H,29,31)/b4-3-,16-15+. The van der Waals surface area contributed by atoms with Gasteiger partial charge in [-0.2, -0.15) is 0 Å². The smallest absolute Gasteiger partial charge is 0.267 e. The Bertz CT molecular complexity index is 1030. The lowest BCUT2D eigenvalue weighted by molar-refractivity contribution is -0.124. The summed E-state index contributed by atoms with van der Waals surface area (Å²) in [5, 5.41) is 9.90. The minimum Gasteiger partial charge on any atom is -0.361 e. The maximum absolute atomic E-state index is 11.2. The lowest BCUT2D eigenvalue weighted by Gasteiger charge is -2.22. The number of allylic oxidation sites excluding steroid dienone is 2. The summed E-state index contributed by atoms with van der Waals surface area (Å²) in [6.07, 6.45) is 14.0. The Morgan fingerprint density at radius 1 is 1.09 bits per heavy atom. The minimum absolute atomic E-state index is 0.533. The summed E-state index contributed by atoms with van der Waals surface area (Å²) in [4.78, 5) is 17.1. The number of para-hydroxylation sites is 1. The van der Waals surface area contributed by atoms with Gasteiger partial charge in [-0.3, -0.25) is 14.9 Å². The average molecular weight is 432 g/mol. The maximum Gasteiger partial charge on any atom is 0.267 e. The van der Waals surface area contributed by atoms with Crippen molar-refractivity contribution in [2.75, 3.05) is 13.1 Å². The molecule has 0 aliphatic rings. The fourth-order valence-corrected chi connectivity index (χ4v) is 3.81. The Hall–Kier alpha value is -3.15. The van der Waals surface area contributed by atoms with Crippen LogP contribution in [-0.2, 0) is 17.8 Å². The van der Waals surface area contributed by atoms with Crippen LogP contribution in [0.4, 0.5) is 0 Å². The predicted octanol–water partition coefficient (Wildman–Crippen LogP) is 5.48. The molecule has 168 valence electrons. The normalized spacial score (nSPS) is 11.8. The third kappa shape index (κ3) is 7.22. The van der Waals surface area contributed by atoms with E-state index in [0.717, 1.165) is 50.9 Å². The van der Waals surface area contributed by atoms with E-state index in [0.29, 0.717) is 0 Å². The molecule has 1 amide bonds. The van der Waals surface area contributed by atoms with E-state index in [2.05, 4.69) is 71.6 Å². The van der Waals surface area contributed by atoms with Crippen LogP contribution >= 0.6 is 0 Å². The molecule has 0 unspecified atom stereocenters. The molecule has 0 saturated carbocycles. The number of aromatic amines is 1.